The molecule has 2 heterocycles. The summed E-state index contributed by atoms with van der Waals surface area (Å²) in [7, 11) is 2.93. The van der Waals surface area contributed by atoms with Gasteiger partial charge in [-0.3, -0.25) is 28.8 Å². The summed E-state index contributed by atoms with van der Waals surface area (Å²) in [6.45, 7) is 5.78. The number of nitrogens with one attached hydrogen (secondary N) is 1. The van der Waals surface area contributed by atoms with Crippen LogP contribution in [0.25, 0.3) is 27.8 Å². The number of hydrogen-bond donors (Lipinski definition) is 1. The van der Waals surface area contributed by atoms with E-state index in [1.54, 1.807) is 87.1 Å². The lowest BCUT2D eigenvalue weighted by molar-refractivity contribution is -0.385. The van der Waals surface area contributed by atoms with Crippen LogP contribution in [-0.2, 0) is 14.1 Å². The zero-order chi connectivity index (χ0) is 31.7. The van der Waals surface area contributed by atoms with Crippen LogP contribution in [0.3, 0.4) is 0 Å². The summed E-state index contributed by atoms with van der Waals surface area (Å²) >= 11 is 0. The molecule has 12 heteroatoms. The third-order valence-corrected chi connectivity index (χ3v) is 7.32. The van der Waals surface area contributed by atoms with E-state index in [0.717, 1.165) is 4.57 Å². The Kier molecular flexibility index (Phi) is 8.08. The molecule has 0 aliphatic carbocycles. The molecule has 2 aromatic heterocycles. The Morgan fingerprint density at radius 2 is 1.61 bits per heavy atom. The van der Waals surface area contributed by atoms with E-state index in [9.17, 15) is 24.5 Å². The minimum Gasteiger partial charge on any atom is -0.492 e. The van der Waals surface area contributed by atoms with Gasteiger partial charge < -0.3 is 19.4 Å². The fourth-order valence-electron chi connectivity index (χ4n) is 5.13. The number of carbonyl (C=O) groups excluding carboxylic acids is 1. The van der Waals surface area contributed by atoms with Crippen LogP contribution >= 0.6 is 0 Å². The van der Waals surface area contributed by atoms with Crippen LogP contribution < -0.4 is 26.0 Å². The molecule has 0 unspecified atom stereocenters. The summed E-state index contributed by atoms with van der Waals surface area (Å²) in [4.78, 5) is 51.0. The highest BCUT2D eigenvalue weighted by atomic mass is 16.6. The summed E-state index contributed by atoms with van der Waals surface area (Å²) in [5, 5.41) is 15.0. The summed E-state index contributed by atoms with van der Waals surface area (Å²) in [6, 6.07) is 16.7. The summed E-state index contributed by atoms with van der Waals surface area (Å²) in [5.74, 6) is 0.319. The van der Waals surface area contributed by atoms with Gasteiger partial charge in [0.05, 0.1) is 46.1 Å². The summed E-state index contributed by atoms with van der Waals surface area (Å²) < 4.78 is 16.0. The van der Waals surface area contributed by atoms with E-state index in [1.165, 1.54) is 17.7 Å². The molecule has 0 fully saturated rings. The molecule has 0 radical (unpaired) electrons. The fraction of sp³-hybridized carbons (Fsp3) is 0.219. The van der Waals surface area contributed by atoms with Gasteiger partial charge >= 0.3 is 5.69 Å². The predicted molar refractivity (Wildman–Crippen MR) is 167 cm³/mol. The SMILES string of the molecule is CCOc1cc(-n2cc3c(c2-c2ccc(C)c([N+](=O)[O-])c2)c(=O)n(C)c(=O)n3C)c(OCC)cc1NC(=O)c1ccccc1. The molecule has 44 heavy (non-hydrogen) atoms. The highest BCUT2D eigenvalue weighted by molar-refractivity contribution is 6.05. The molecule has 0 atom stereocenters. The number of nitro groups is 1. The molecule has 1 N–H and O–H groups in total. The van der Waals surface area contributed by atoms with E-state index >= 15 is 0 Å². The van der Waals surface area contributed by atoms with Gasteiger partial charge in [0, 0.05) is 55.2 Å². The number of ether oxygens (including phenoxy) is 2. The zero-order valence-electron chi connectivity index (χ0n) is 24.9. The topological polar surface area (TPSA) is 140 Å². The van der Waals surface area contributed by atoms with Gasteiger partial charge in [-0.25, -0.2) is 4.79 Å². The molecule has 226 valence electrons. The van der Waals surface area contributed by atoms with Crippen molar-refractivity contribution < 1.29 is 19.2 Å². The Bertz CT molecular complexity index is 2040. The average molecular weight is 598 g/mol. The molecular formula is C32H31N5O7. The molecule has 0 spiro atoms. The molecule has 0 saturated carbocycles. The number of amides is 1. The van der Waals surface area contributed by atoms with Gasteiger partial charge in [0.1, 0.15) is 11.5 Å². The molecule has 3 aromatic carbocycles. The third kappa shape index (κ3) is 5.21. The van der Waals surface area contributed by atoms with Gasteiger partial charge in [-0.1, -0.05) is 30.3 Å². The lowest BCUT2D eigenvalue weighted by Gasteiger charge is -2.19. The normalized spacial score (nSPS) is 11.0. The molecular weight excluding hydrogens is 566 g/mol. The second-order valence-corrected chi connectivity index (χ2v) is 10.1. The number of aryl methyl sites for hydroxylation is 2. The second kappa shape index (κ2) is 11.9. The maximum Gasteiger partial charge on any atom is 0.330 e. The smallest absolute Gasteiger partial charge is 0.330 e. The first-order valence-corrected chi connectivity index (χ1v) is 13.9. The molecule has 0 aliphatic rings. The number of aromatic nitrogens is 3. The molecule has 12 nitrogen and oxygen atoms in total. The van der Waals surface area contributed by atoms with Crippen molar-refractivity contribution in [2.75, 3.05) is 18.5 Å². The predicted octanol–water partition coefficient (Wildman–Crippen LogP) is 4.96. The molecule has 0 aliphatic heterocycles. The van der Waals surface area contributed by atoms with E-state index in [0.29, 0.717) is 50.8 Å². The maximum absolute atomic E-state index is 13.6. The zero-order valence-corrected chi connectivity index (χ0v) is 24.9. The monoisotopic (exact) mass is 597 g/mol. The van der Waals surface area contributed by atoms with Crippen molar-refractivity contribution in [2.24, 2.45) is 14.1 Å². The lowest BCUT2D eigenvalue weighted by atomic mass is 10.1. The van der Waals surface area contributed by atoms with Crippen LogP contribution in [0.2, 0.25) is 0 Å². The summed E-state index contributed by atoms with van der Waals surface area (Å²) in [5.41, 5.74) is 1.51. The van der Waals surface area contributed by atoms with E-state index in [-0.39, 0.29) is 30.2 Å². The standard InChI is InChI=1S/C32H31N5O7/c1-6-43-26-17-24(27(44-7-2)16-22(26)33-30(38)20-11-9-8-10-12-20)36-18-25-28(31(39)35(5)32(40)34(25)4)29(36)21-14-13-19(3)23(15-21)37(41)42/h8-18H,6-7H2,1-5H3,(H,33,38). The Labute approximate surface area is 251 Å². The van der Waals surface area contributed by atoms with Crippen LogP contribution in [0.4, 0.5) is 11.4 Å². The third-order valence-electron chi connectivity index (χ3n) is 7.32. The van der Waals surface area contributed by atoms with Crippen LogP contribution in [-0.4, -0.2) is 37.7 Å². The number of fused-ring (bicyclic) bond motifs is 1. The number of hydrogen-bond acceptors (Lipinski definition) is 7. The van der Waals surface area contributed by atoms with Gasteiger partial charge in [0.25, 0.3) is 17.2 Å². The maximum atomic E-state index is 13.6. The Hall–Kier alpha value is -5.65. The number of rotatable bonds is 9. The minimum atomic E-state index is -0.560. The van der Waals surface area contributed by atoms with Crippen molar-refractivity contribution in [1.82, 2.24) is 13.7 Å². The van der Waals surface area contributed by atoms with Crippen molar-refractivity contribution in [3.63, 3.8) is 0 Å². The number of anilines is 1. The van der Waals surface area contributed by atoms with Crippen LogP contribution in [0.5, 0.6) is 11.5 Å². The van der Waals surface area contributed by atoms with Crippen molar-refractivity contribution in [1.29, 1.82) is 0 Å². The van der Waals surface area contributed by atoms with Gasteiger partial charge in [0.2, 0.25) is 0 Å². The molecule has 1 amide bonds. The first kappa shape index (κ1) is 29.8. The van der Waals surface area contributed by atoms with Crippen LogP contribution in [0.1, 0.15) is 29.8 Å². The van der Waals surface area contributed by atoms with Crippen molar-refractivity contribution in [2.45, 2.75) is 20.8 Å². The fourth-order valence-corrected chi connectivity index (χ4v) is 5.13. The Balaban J connectivity index is 1.84. The van der Waals surface area contributed by atoms with Gasteiger partial charge in [0.15, 0.2) is 0 Å². The number of nitro benzene ring substituents is 1. The van der Waals surface area contributed by atoms with Gasteiger partial charge in [-0.05, 0) is 32.9 Å². The van der Waals surface area contributed by atoms with Crippen molar-refractivity contribution >= 4 is 28.2 Å². The van der Waals surface area contributed by atoms with E-state index < -0.39 is 16.2 Å². The summed E-state index contributed by atoms with van der Waals surface area (Å²) in [6.07, 6.45) is 1.62. The van der Waals surface area contributed by atoms with Crippen LogP contribution in [0.15, 0.2) is 76.4 Å². The Morgan fingerprint density at radius 3 is 2.27 bits per heavy atom. The lowest BCUT2D eigenvalue weighted by Crippen LogP contribution is -2.36. The van der Waals surface area contributed by atoms with Crippen molar-refractivity contribution in [3.05, 3.63) is 109 Å². The number of carbonyl (C=O) groups is 1. The quantitative estimate of drug-likeness (QED) is 0.187. The van der Waals surface area contributed by atoms with Crippen LogP contribution in [0, 0.1) is 17.0 Å². The van der Waals surface area contributed by atoms with E-state index in [4.69, 9.17) is 9.47 Å². The largest absolute Gasteiger partial charge is 0.492 e. The van der Waals surface area contributed by atoms with Gasteiger partial charge in [-0.15, -0.1) is 0 Å². The highest BCUT2D eigenvalue weighted by Gasteiger charge is 2.25. The second-order valence-electron chi connectivity index (χ2n) is 10.1. The van der Waals surface area contributed by atoms with E-state index in [1.807, 2.05) is 6.07 Å². The Morgan fingerprint density at radius 1 is 0.932 bits per heavy atom. The number of nitrogens with zero attached hydrogens (tertiary/aromatic N) is 4. The van der Waals surface area contributed by atoms with Gasteiger partial charge in [-0.2, -0.15) is 0 Å². The molecule has 0 bridgehead atoms. The molecule has 0 saturated heterocycles. The van der Waals surface area contributed by atoms with Crippen molar-refractivity contribution in [3.8, 4) is 28.4 Å². The molecule has 5 aromatic rings. The number of benzene rings is 3. The minimum absolute atomic E-state index is 0.121. The van der Waals surface area contributed by atoms with E-state index in [2.05, 4.69) is 5.32 Å². The average Bonchev–Trinajstić information content (AvgIpc) is 3.41. The first-order valence-electron chi connectivity index (χ1n) is 13.9. The highest BCUT2D eigenvalue weighted by Crippen LogP contribution is 2.41. The first-order chi connectivity index (χ1) is 21.1. The molecule has 5 rings (SSSR count).